The van der Waals surface area contributed by atoms with Crippen molar-refractivity contribution in [2.24, 2.45) is 5.41 Å². The predicted molar refractivity (Wildman–Crippen MR) is 155 cm³/mol. The van der Waals surface area contributed by atoms with E-state index >= 15 is 0 Å². The van der Waals surface area contributed by atoms with Crippen molar-refractivity contribution in [2.45, 2.75) is 72.3 Å². The van der Waals surface area contributed by atoms with Gasteiger partial charge in [-0.15, -0.1) is 0 Å². The van der Waals surface area contributed by atoms with Gasteiger partial charge in [-0.1, -0.05) is 13.0 Å². The fourth-order valence-electron chi connectivity index (χ4n) is 6.19. The third-order valence-electron chi connectivity index (χ3n) is 8.62. The highest BCUT2D eigenvalue weighted by Crippen LogP contribution is 2.59. The van der Waals surface area contributed by atoms with Gasteiger partial charge in [0.1, 0.15) is 35.6 Å². The number of alkyl halides is 3. The number of pyridine rings is 1. The van der Waals surface area contributed by atoms with E-state index in [1.165, 1.54) is 22.6 Å². The van der Waals surface area contributed by atoms with Gasteiger partial charge in [0.15, 0.2) is 5.78 Å². The molecular formula is C31H30F3N7O3. The van der Waals surface area contributed by atoms with Gasteiger partial charge in [-0.3, -0.25) is 19.1 Å². The van der Waals surface area contributed by atoms with Crippen LogP contribution in [0.4, 0.5) is 19.0 Å². The van der Waals surface area contributed by atoms with Crippen molar-refractivity contribution in [2.75, 3.05) is 5.32 Å². The first-order chi connectivity index (χ1) is 20.7. The average molecular weight is 606 g/mol. The largest absolute Gasteiger partial charge is 0.433 e. The number of Topliss-reactive ketones (excluding diaryl/α,β-unsaturated/α-hetero) is 1. The molecule has 0 unspecified atom stereocenters. The van der Waals surface area contributed by atoms with Crippen molar-refractivity contribution < 1.29 is 27.6 Å². The summed E-state index contributed by atoms with van der Waals surface area (Å²) in [5, 5.41) is 7.63. The van der Waals surface area contributed by atoms with Crippen molar-refractivity contribution >= 4 is 34.3 Å². The second-order valence-electron chi connectivity index (χ2n) is 12.0. The zero-order valence-electron chi connectivity index (χ0n) is 24.8. The highest BCUT2D eigenvalue weighted by Gasteiger charge is 2.64. The summed E-state index contributed by atoms with van der Waals surface area (Å²) < 4.78 is 41.3. The van der Waals surface area contributed by atoms with Crippen LogP contribution in [-0.2, 0) is 22.3 Å². The lowest BCUT2D eigenvalue weighted by atomic mass is 10.0. The van der Waals surface area contributed by atoms with Crippen molar-refractivity contribution in [3.05, 3.63) is 65.0 Å². The van der Waals surface area contributed by atoms with Crippen LogP contribution in [0.15, 0.2) is 36.7 Å². The number of carbonyl (C=O) groups excluding carboxylic acids is 3. The second kappa shape index (κ2) is 10.2. The number of benzene rings is 1. The third kappa shape index (κ3) is 5.09. The summed E-state index contributed by atoms with van der Waals surface area (Å²) in [7, 11) is 0. The van der Waals surface area contributed by atoms with Gasteiger partial charge >= 0.3 is 6.18 Å². The summed E-state index contributed by atoms with van der Waals surface area (Å²) in [6, 6.07) is 4.76. The van der Waals surface area contributed by atoms with Crippen LogP contribution in [-0.4, -0.2) is 59.3 Å². The summed E-state index contributed by atoms with van der Waals surface area (Å²) in [5.74, 6) is -0.811. The number of carbonyl (C=O) groups is 3. The molecule has 1 N–H and O–H groups in total. The molecule has 0 bridgehead atoms. The molecule has 228 valence electrons. The molecule has 1 aromatic carbocycles. The Morgan fingerprint density at radius 3 is 2.39 bits per heavy atom. The summed E-state index contributed by atoms with van der Waals surface area (Å²) in [6.45, 7) is 8.36. The lowest BCUT2D eigenvalue weighted by molar-refractivity contribution is -0.141. The van der Waals surface area contributed by atoms with Gasteiger partial charge in [-0.2, -0.15) is 18.3 Å². The van der Waals surface area contributed by atoms with Crippen LogP contribution in [0.3, 0.4) is 0 Å². The molecule has 1 saturated carbocycles. The number of fused-ring (bicyclic) bond motifs is 2. The fraction of sp³-hybridized carbons (Fsp3) is 0.387. The third-order valence-corrected chi connectivity index (χ3v) is 8.62. The molecule has 2 amide bonds. The lowest BCUT2D eigenvalue weighted by Crippen LogP contribution is -2.47. The number of likely N-dealkylation sites (tertiary alicyclic amines) is 1. The van der Waals surface area contributed by atoms with Crippen LogP contribution in [0.1, 0.15) is 59.8 Å². The SMILES string of the molecule is CC(=O)c1nn(CC(=O)N2[C@H](C(=O)Nc3nc(C(F)(F)F)ccc3C)C[C@@]3(C)C[C@@H]23)c2c(C)cc(-c3cnc(C)nc3)cc12. The molecule has 0 radical (unpaired) electrons. The Labute approximate surface area is 250 Å². The van der Waals surface area contributed by atoms with Crippen LogP contribution in [0.5, 0.6) is 0 Å². The highest BCUT2D eigenvalue weighted by atomic mass is 19.4. The van der Waals surface area contributed by atoms with Gasteiger partial charge in [0.05, 0.1) is 5.52 Å². The Balaban J connectivity index is 1.30. The van der Waals surface area contributed by atoms with Crippen molar-refractivity contribution in [3.63, 3.8) is 0 Å². The van der Waals surface area contributed by atoms with Crippen LogP contribution >= 0.6 is 0 Å². The number of nitrogens with zero attached hydrogens (tertiary/aromatic N) is 6. The first-order valence-electron chi connectivity index (χ1n) is 14.1. The van der Waals surface area contributed by atoms with E-state index in [0.29, 0.717) is 35.1 Å². The van der Waals surface area contributed by atoms with E-state index in [0.717, 1.165) is 22.8 Å². The maximum absolute atomic E-state index is 13.9. The van der Waals surface area contributed by atoms with Gasteiger partial charge in [0.25, 0.3) is 0 Å². The molecule has 2 fully saturated rings. The van der Waals surface area contributed by atoms with Gasteiger partial charge in [-0.05, 0) is 73.9 Å². The van der Waals surface area contributed by atoms with Gasteiger partial charge in [-0.25, -0.2) is 15.0 Å². The topological polar surface area (TPSA) is 123 Å². The number of nitrogens with one attached hydrogen (secondary N) is 1. The van der Waals surface area contributed by atoms with E-state index in [9.17, 15) is 27.6 Å². The summed E-state index contributed by atoms with van der Waals surface area (Å²) in [5.41, 5.74) is 2.15. The Kier molecular flexibility index (Phi) is 6.82. The number of ketones is 1. The van der Waals surface area contributed by atoms with Gasteiger partial charge in [0, 0.05) is 36.3 Å². The smallest absolute Gasteiger partial charge is 0.325 e. The maximum atomic E-state index is 13.9. The Bertz CT molecular complexity index is 1850. The van der Waals surface area contributed by atoms with Gasteiger partial charge in [0.2, 0.25) is 11.8 Å². The van der Waals surface area contributed by atoms with Crippen LogP contribution in [0.25, 0.3) is 22.0 Å². The summed E-state index contributed by atoms with van der Waals surface area (Å²) in [6.07, 6.45) is -0.191. The minimum absolute atomic E-state index is 0.190. The Hall–Kier alpha value is -4.68. The molecule has 1 aliphatic heterocycles. The molecule has 10 nitrogen and oxygen atoms in total. The standard InChI is InChI=1S/C31H30F3N7O3/c1-15-6-7-23(31(32,33)34)37-28(15)38-29(44)22-10-30(5)11-24(30)41(22)25(43)14-40-27-16(2)8-19(20-12-35-18(4)36-13-20)9-21(27)26(39-40)17(3)42/h6-9,12-13,22,24H,10-11,14H2,1-5H3,(H,37,38,44)/t22-,24+,30-/m0/s1. The number of rotatable bonds is 6. The van der Waals surface area contributed by atoms with E-state index in [1.807, 2.05) is 26.0 Å². The molecule has 1 aliphatic carbocycles. The minimum Gasteiger partial charge on any atom is -0.325 e. The number of amides is 2. The van der Waals surface area contributed by atoms with E-state index < -0.39 is 23.8 Å². The molecule has 3 atom stereocenters. The zero-order valence-corrected chi connectivity index (χ0v) is 24.8. The van der Waals surface area contributed by atoms with Crippen LogP contribution in [0, 0.1) is 26.2 Å². The molecule has 0 spiro atoms. The Morgan fingerprint density at radius 2 is 1.73 bits per heavy atom. The predicted octanol–water partition coefficient (Wildman–Crippen LogP) is 5.05. The number of aryl methyl sites for hydroxylation is 3. The van der Waals surface area contributed by atoms with Crippen molar-refractivity contribution in [3.8, 4) is 11.1 Å². The van der Waals surface area contributed by atoms with Crippen molar-refractivity contribution in [1.29, 1.82) is 0 Å². The second-order valence-corrected chi connectivity index (χ2v) is 12.0. The quantitative estimate of drug-likeness (QED) is 0.305. The molecule has 4 heterocycles. The number of halogens is 3. The molecule has 2 aliphatic rings. The number of hydrogen-bond donors (Lipinski definition) is 1. The molecule has 4 aromatic rings. The normalized spacial score (nSPS) is 21.0. The van der Waals surface area contributed by atoms with E-state index in [4.69, 9.17) is 0 Å². The molecular weight excluding hydrogens is 575 g/mol. The Morgan fingerprint density at radius 1 is 1.02 bits per heavy atom. The average Bonchev–Trinajstić information content (AvgIpc) is 3.30. The highest BCUT2D eigenvalue weighted by molar-refractivity contribution is 6.07. The first kappa shape index (κ1) is 29.4. The molecule has 3 aromatic heterocycles. The summed E-state index contributed by atoms with van der Waals surface area (Å²) >= 11 is 0. The fourth-order valence-corrected chi connectivity index (χ4v) is 6.19. The maximum Gasteiger partial charge on any atom is 0.433 e. The monoisotopic (exact) mass is 605 g/mol. The lowest BCUT2D eigenvalue weighted by Gasteiger charge is -2.27. The van der Waals surface area contributed by atoms with Crippen molar-refractivity contribution in [1.82, 2.24) is 29.6 Å². The molecule has 13 heteroatoms. The number of anilines is 1. The first-order valence-corrected chi connectivity index (χ1v) is 14.1. The summed E-state index contributed by atoms with van der Waals surface area (Å²) in [4.78, 5) is 53.6. The minimum atomic E-state index is -4.67. The number of hydrogen-bond acceptors (Lipinski definition) is 7. The molecule has 6 rings (SSSR count). The van der Waals surface area contributed by atoms with Crippen LogP contribution in [0.2, 0.25) is 0 Å². The van der Waals surface area contributed by atoms with E-state index in [1.54, 1.807) is 26.2 Å². The van der Waals surface area contributed by atoms with E-state index in [2.05, 4.69) is 25.4 Å². The molecule has 44 heavy (non-hydrogen) atoms. The van der Waals surface area contributed by atoms with E-state index in [-0.39, 0.29) is 41.2 Å². The van der Waals surface area contributed by atoms with Crippen LogP contribution < -0.4 is 5.32 Å². The zero-order chi connectivity index (χ0) is 31.7. The number of piperidine rings is 1. The molecule has 1 saturated heterocycles. The number of aromatic nitrogens is 5. The van der Waals surface area contributed by atoms with Gasteiger partial charge < -0.3 is 10.2 Å².